The number of rotatable bonds is 5. The summed E-state index contributed by atoms with van der Waals surface area (Å²) in [6.07, 6.45) is 4.84. The van der Waals surface area contributed by atoms with Crippen LogP contribution in [-0.2, 0) is 27.3 Å². The fourth-order valence-corrected chi connectivity index (χ4v) is 3.52. The number of ether oxygens (including phenoxy) is 1. The minimum absolute atomic E-state index is 0.0367. The van der Waals surface area contributed by atoms with Crippen LogP contribution in [0.1, 0.15) is 50.7 Å². The van der Waals surface area contributed by atoms with Crippen LogP contribution >= 0.6 is 0 Å². The number of hydrogen-bond acceptors (Lipinski definition) is 4. The smallest absolute Gasteiger partial charge is 0.228 e. The molecule has 2 aliphatic heterocycles. The first-order valence-corrected chi connectivity index (χ1v) is 9.31. The molecule has 0 spiro atoms. The SMILES string of the molecule is CCCCC(=O)N1CCn2cc(CC(=O)N3CCOCC3)nc2C1C. The van der Waals surface area contributed by atoms with E-state index in [-0.39, 0.29) is 17.9 Å². The number of amides is 2. The van der Waals surface area contributed by atoms with Crippen LogP contribution in [0.25, 0.3) is 0 Å². The Balaban J connectivity index is 1.65. The molecular weight excluding hydrogens is 320 g/mol. The summed E-state index contributed by atoms with van der Waals surface area (Å²) < 4.78 is 7.38. The second-order valence-corrected chi connectivity index (χ2v) is 6.82. The number of unbranched alkanes of at least 4 members (excludes halogenated alkanes) is 1. The van der Waals surface area contributed by atoms with Crippen molar-refractivity contribution in [3.05, 3.63) is 17.7 Å². The maximum absolute atomic E-state index is 12.4. The molecule has 1 aromatic heterocycles. The molecule has 1 saturated heterocycles. The standard InChI is InChI=1S/C18H28N4O3/c1-3-4-5-16(23)22-7-6-21-13-15(19-18(21)14(22)2)12-17(24)20-8-10-25-11-9-20/h13-14H,3-12H2,1-2H3. The summed E-state index contributed by atoms with van der Waals surface area (Å²) in [6, 6.07) is -0.0367. The van der Waals surface area contributed by atoms with Crippen molar-refractivity contribution in [2.75, 3.05) is 32.8 Å². The molecule has 0 aromatic carbocycles. The van der Waals surface area contributed by atoms with Crippen LogP contribution < -0.4 is 0 Å². The Morgan fingerprint density at radius 2 is 1.96 bits per heavy atom. The van der Waals surface area contributed by atoms with Crippen molar-refractivity contribution in [3.8, 4) is 0 Å². The summed E-state index contributed by atoms with van der Waals surface area (Å²) in [4.78, 5) is 33.2. The van der Waals surface area contributed by atoms with Crippen molar-refractivity contribution in [1.29, 1.82) is 0 Å². The zero-order valence-corrected chi connectivity index (χ0v) is 15.2. The first-order chi connectivity index (χ1) is 12.1. The number of carbonyl (C=O) groups is 2. The van der Waals surface area contributed by atoms with Gasteiger partial charge in [-0.3, -0.25) is 9.59 Å². The monoisotopic (exact) mass is 348 g/mol. The van der Waals surface area contributed by atoms with E-state index in [0.717, 1.165) is 30.9 Å². The molecule has 0 N–H and O–H groups in total. The van der Waals surface area contributed by atoms with Crippen LogP contribution in [0, 0.1) is 0 Å². The average Bonchev–Trinajstić information content (AvgIpc) is 3.04. The third-order valence-corrected chi connectivity index (χ3v) is 5.04. The summed E-state index contributed by atoms with van der Waals surface area (Å²) in [6.45, 7) is 8.10. The molecule has 138 valence electrons. The van der Waals surface area contributed by atoms with Gasteiger partial charge in [0.25, 0.3) is 0 Å². The Hall–Kier alpha value is -1.89. The van der Waals surface area contributed by atoms with E-state index in [4.69, 9.17) is 4.74 Å². The van der Waals surface area contributed by atoms with E-state index in [2.05, 4.69) is 16.5 Å². The van der Waals surface area contributed by atoms with Crippen LogP contribution in [0.5, 0.6) is 0 Å². The molecule has 0 bridgehead atoms. The molecule has 1 unspecified atom stereocenters. The molecule has 0 aliphatic carbocycles. The lowest BCUT2D eigenvalue weighted by Gasteiger charge is -2.33. The number of nitrogens with zero attached hydrogens (tertiary/aromatic N) is 4. The third kappa shape index (κ3) is 4.03. The molecule has 0 radical (unpaired) electrons. The Bertz CT molecular complexity index is 622. The van der Waals surface area contributed by atoms with Gasteiger partial charge < -0.3 is 19.1 Å². The number of morpholine rings is 1. The fraction of sp³-hybridized carbons (Fsp3) is 0.722. The zero-order valence-electron chi connectivity index (χ0n) is 15.2. The molecule has 7 heteroatoms. The van der Waals surface area contributed by atoms with Gasteiger partial charge in [-0.2, -0.15) is 0 Å². The van der Waals surface area contributed by atoms with Crippen LogP contribution in [0.4, 0.5) is 0 Å². The van der Waals surface area contributed by atoms with Crippen LogP contribution in [-0.4, -0.2) is 64.0 Å². The van der Waals surface area contributed by atoms with Gasteiger partial charge in [-0.15, -0.1) is 0 Å². The number of fused-ring (bicyclic) bond motifs is 1. The van der Waals surface area contributed by atoms with Gasteiger partial charge in [0.1, 0.15) is 5.82 Å². The van der Waals surface area contributed by atoms with Crippen LogP contribution in [0.2, 0.25) is 0 Å². The van der Waals surface area contributed by atoms with Crippen LogP contribution in [0.15, 0.2) is 6.20 Å². The predicted molar refractivity (Wildman–Crippen MR) is 93.0 cm³/mol. The summed E-state index contributed by atoms with van der Waals surface area (Å²) in [5.74, 6) is 1.19. The highest BCUT2D eigenvalue weighted by molar-refractivity contribution is 5.78. The second-order valence-electron chi connectivity index (χ2n) is 6.82. The number of imidazole rings is 1. The van der Waals surface area contributed by atoms with Crippen molar-refractivity contribution in [2.24, 2.45) is 0 Å². The normalized spacial score (nSPS) is 20.5. The van der Waals surface area contributed by atoms with E-state index in [9.17, 15) is 9.59 Å². The van der Waals surface area contributed by atoms with Gasteiger partial charge in [0.05, 0.1) is 31.4 Å². The molecule has 1 atom stereocenters. The molecular formula is C18H28N4O3. The van der Waals surface area contributed by atoms with E-state index < -0.39 is 0 Å². The topological polar surface area (TPSA) is 67.7 Å². The molecule has 0 saturated carbocycles. The average molecular weight is 348 g/mol. The minimum Gasteiger partial charge on any atom is -0.378 e. The van der Waals surface area contributed by atoms with Crippen molar-refractivity contribution in [2.45, 2.75) is 52.1 Å². The van der Waals surface area contributed by atoms with Crippen molar-refractivity contribution in [1.82, 2.24) is 19.4 Å². The lowest BCUT2D eigenvalue weighted by Crippen LogP contribution is -2.41. The molecule has 1 fully saturated rings. The molecule has 2 amide bonds. The Morgan fingerprint density at radius 3 is 2.68 bits per heavy atom. The zero-order chi connectivity index (χ0) is 17.8. The van der Waals surface area contributed by atoms with Gasteiger partial charge in [-0.05, 0) is 13.3 Å². The van der Waals surface area contributed by atoms with Crippen molar-refractivity contribution < 1.29 is 14.3 Å². The van der Waals surface area contributed by atoms with E-state index in [1.165, 1.54) is 0 Å². The first-order valence-electron chi connectivity index (χ1n) is 9.31. The van der Waals surface area contributed by atoms with Gasteiger partial charge in [-0.1, -0.05) is 13.3 Å². The maximum atomic E-state index is 12.4. The first kappa shape index (κ1) is 17.9. The Morgan fingerprint density at radius 1 is 1.20 bits per heavy atom. The molecule has 3 heterocycles. The van der Waals surface area contributed by atoms with E-state index in [1.807, 2.05) is 22.9 Å². The summed E-state index contributed by atoms with van der Waals surface area (Å²) >= 11 is 0. The quantitative estimate of drug-likeness (QED) is 0.806. The van der Waals surface area contributed by atoms with E-state index in [0.29, 0.717) is 45.7 Å². The van der Waals surface area contributed by atoms with Gasteiger partial charge in [0, 0.05) is 38.8 Å². The van der Waals surface area contributed by atoms with Gasteiger partial charge >= 0.3 is 0 Å². The summed E-state index contributed by atoms with van der Waals surface area (Å²) in [7, 11) is 0. The van der Waals surface area contributed by atoms with E-state index in [1.54, 1.807) is 0 Å². The predicted octanol–water partition coefficient (Wildman–Crippen LogP) is 1.38. The number of carbonyl (C=O) groups excluding carboxylic acids is 2. The van der Waals surface area contributed by atoms with Crippen LogP contribution in [0.3, 0.4) is 0 Å². The summed E-state index contributed by atoms with van der Waals surface area (Å²) in [5, 5.41) is 0. The highest BCUT2D eigenvalue weighted by Crippen LogP contribution is 2.26. The molecule has 25 heavy (non-hydrogen) atoms. The van der Waals surface area contributed by atoms with Crippen molar-refractivity contribution >= 4 is 11.8 Å². The summed E-state index contributed by atoms with van der Waals surface area (Å²) in [5.41, 5.74) is 0.793. The highest BCUT2D eigenvalue weighted by Gasteiger charge is 2.29. The molecule has 1 aromatic rings. The molecule has 7 nitrogen and oxygen atoms in total. The highest BCUT2D eigenvalue weighted by atomic mass is 16.5. The number of aromatic nitrogens is 2. The maximum Gasteiger partial charge on any atom is 0.228 e. The van der Waals surface area contributed by atoms with Gasteiger partial charge in [0.15, 0.2) is 0 Å². The third-order valence-electron chi connectivity index (χ3n) is 5.04. The Kier molecular flexibility index (Phi) is 5.73. The van der Waals surface area contributed by atoms with Gasteiger partial charge in [0.2, 0.25) is 11.8 Å². The minimum atomic E-state index is -0.0367. The largest absolute Gasteiger partial charge is 0.378 e. The lowest BCUT2D eigenvalue weighted by atomic mass is 10.1. The fourth-order valence-electron chi connectivity index (χ4n) is 3.52. The Labute approximate surface area is 148 Å². The molecule has 3 rings (SSSR count). The van der Waals surface area contributed by atoms with Gasteiger partial charge in [-0.25, -0.2) is 4.98 Å². The van der Waals surface area contributed by atoms with E-state index >= 15 is 0 Å². The number of hydrogen-bond donors (Lipinski definition) is 0. The molecule has 2 aliphatic rings. The van der Waals surface area contributed by atoms with Crippen molar-refractivity contribution in [3.63, 3.8) is 0 Å². The second kappa shape index (κ2) is 7.99. The lowest BCUT2D eigenvalue weighted by molar-refractivity contribution is -0.135.